The Hall–Kier alpha value is -1.40. The normalized spacial score (nSPS) is 18.1. The zero-order chi connectivity index (χ0) is 32.7. The van der Waals surface area contributed by atoms with E-state index in [4.69, 9.17) is 18.3 Å². The summed E-state index contributed by atoms with van der Waals surface area (Å²) in [5.74, 6) is -2.20. The summed E-state index contributed by atoms with van der Waals surface area (Å²) in [5.41, 5.74) is 0.846. The van der Waals surface area contributed by atoms with Crippen LogP contribution in [0.2, 0.25) is 36.3 Å². The van der Waals surface area contributed by atoms with Gasteiger partial charge in [-0.05, 0) is 55.7 Å². The summed E-state index contributed by atoms with van der Waals surface area (Å²) >= 11 is 0. The maximum Gasteiger partial charge on any atom is 0.337 e. The van der Waals surface area contributed by atoms with E-state index >= 15 is 0 Å². The Bertz CT molecular complexity index is 941. The molecule has 0 fully saturated rings. The Morgan fingerprint density at radius 1 is 0.805 bits per heavy atom. The zero-order valence-corrected chi connectivity index (χ0v) is 30.9. The Kier molecular flexibility index (Phi) is 14.8. The lowest BCUT2D eigenvalue weighted by Crippen LogP contribution is -2.54. The third-order valence-electron chi connectivity index (χ3n) is 9.05. The standard InChI is InChI=1S/C32H60O7Si2/c1-18-19-37-30(35)29(39-41(16,17)32(10,11)12)28(36-13)24(5)26(34)23(4)27(22(3)20-21(2)25(6)33)38-40(14,15)31(7,8)9/h18,20-21,23-24,27-29H,1,19H2,2-17H3/b22-20+/t21-,23-,24+,27-,28-,29+/m0/s1. The lowest BCUT2D eigenvalue weighted by molar-refractivity contribution is -0.162. The molecule has 0 radical (unpaired) electrons. The van der Waals surface area contributed by atoms with Gasteiger partial charge in [0.15, 0.2) is 22.7 Å². The number of hydrogen-bond acceptors (Lipinski definition) is 7. The van der Waals surface area contributed by atoms with Crippen LogP contribution in [0.3, 0.4) is 0 Å². The molecule has 0 heterocycles. The quantitative estimate of drug-likeness (QED) is 0.101. The van der Waals surface area contributed by atoms with Crippen LogP contribution in [0.5, 0.6) is 0 Å². The molecule has 238 valence electrons. The maximum absolute atomic E-state index is 14.2. The largest absolute Gasteiger partial charge is 0.460 e. The number of hydrogen-bond donors (Lipinski definition) is 0. The highest BCUT2D eigenvalue weighted by Gasteiger charge is 2.48. The predicted molar refractivity (Wildman–Crippen MR) is 173 cm³/mol. The molecule has 0 aromatic heterocycles. The Balaban J connectivity index is 6.65. The highest BCUT2D eigenvalue weighted by Crippen LogP contribution is 2.41. The number of carbonyl (C=O) groups excluding carboxylic acids is 3. The predicted octanol–water partition coefficient (Wildman–Crippen LogP) is 7.52. The van der Waals surface area contributed by atoms with E-state index in [0.29, 0.717) is 0 Å². The Labute approximate surface area is 253 Å². The second-order valence-electron chi connectivity index (χ2n) is 14.5. The van der Waals surface area contributed by atoms with Crippen LogP contribution in [0.1, 0.15) is 76.2 Å². The molecule has 0 bridgehead atoms. The molecule has 0 aromatic carbocycles. The smallest absolute Gasteiger partial charge is 0.337 e. The van der Waals surface area contributed by atoms with Crippen molar-refractivity contribution in [2.24, 2.45) is 17.8 Å². The molecule has 0 spiro atoms. The first-order chi connectivity index (χ1) is 18.4. The Morgan fingerprint density at radius 2 is 1.24 bits per heavy atom. The van der Waals surface area contributed by atoms with Crippen molar-refractivity contribution in [1.29, 1.82) is 0 Å². The van der Waals surface area contributed by atoms with Crippen LogP contribution in [0.15, 0.2) is 24.3 Å². The summed E-state index contributed by atoms with van der Waals surface area (Å²) in [6.07, 6.45) is 0.919. The van der Waals surface area contributed by atoms with Crippen LogP contribution < -0.4 is 0 Å². The number of esters is 1. The van der Waals surface area contributed by atoms with Crippen LogP contribution in [-0.2, 0) is 32.7 Å². The second kappa shape index (κ2) is 15.4. The third-order valence-corrected chi connectivity index (χ3v) is 18.0. The summed E-state index contributed by atoms with van der Waals surface area (Å²) in [5, 5.41) is -0.265. The molecule has 9 heteroatoms. The van der Waals surface area contributed by atoms with E-state index in [1.807, 2.05) is 26.8 Å². The topological polar surface area (TPSA) is 88.1 Å². The van der Waals surface area contributed by atoms with Gasteiger partial charge in [-0.15, -0.1) is 0 Å². The molecule has 0 aliphatic rings. The van der Waals surface area contributed by atoms with E-state index in [1.54, 1.807) is 13.8 Å². The molecule has 0 amide bonds. The summed E-state index contributed by atoms with van der Waals surface area (Å²) in [6.45, 7) is 33.8. The molecule has 0 N–H and O–H groups in total. The second-order valence-corrected chi connectivity index (χ2v) is 24.0. The first kappa shape index (κ1) is 39.6. The highest BCUT2D eigenvalue weighted by molar-refractivity contribution is 6.74. The molecule has 7 nitrogen and oxygen atoms in total. The van der Waals surface area contributed by atoms with Crippen molar-refractivity contribution in [3.8, 4) is 0 Å². The van der Waals surface area contributed by atoms with Gasteiger partial charge in [0, 0.05) is 24.9 Å². The van der Waals surface area contributed by atoms with Crippen LogP contribution in [0, 0.1) is 17.8 Å². The van der Waals surface area contributed by atoms with Crippen molar-refractivity contribution in [3.05, 3.63) is 24.3 Å². The van der Waals surface area contributed by atoms with E-state index in [9.17, 15) is 14.4 Å². The molecule has 0 saturated heterocycles. The molecule has 0 aromatic rings. The fourth-order valence-corrected chi connectivity index (χ4v) is 6.57. The lowest BCUT2D eigenvalue weighted by Gasteiger charge is -2.43. The van der Waals surface area contributed by atoms with Gasteiger partial charge >= 0.3 is 5.97 Å². The van der Waals surface area contributed by atoms with Gasteiger partial charge in [-0.25, -0.2) is 4.79 Å². The minimum Gasteiger partial charge on any atom is -0.460 e. The van der Waals surface area contributed by atoms with E-state index in [1.165, 1.54) is 13.2 Å². The molecule has 0 aliphatic heterocycles. The molecule has 0 aliphatic carbocycles. The monoisotopic (exact) mass is 612 g/mol. The summed E-state index contributed by atoms with van der Waals surface area (Å²) < 4.78 is 24.7. The molecule has 0 rings (SSSR count). The number of methoxy groups -OCH3 is 1. The fourth-order valence-electron chi connectivity index (χ4n) is 3.97. The number of carbonyl (C=O) groups is 3. The Morgan fingerprint density at radius 3 is 1.61 bits per heavy atom. The van der Waals surface area contributed by atoms with Gasteiger partial charge in [0.1, 0.15) is 24.3 Å². The van der Waals surface area contributed by atoms with E-state index in [0.717, 1.165) is 5.57 Å². The maximum atomic E-state index is 14.2. The number of ether oxygens (including phenoxy) is 2. The van der Waals surface area contributed by atoms with Crippen molar-refractivity contribution < 1.29 is 32.7 Å². The SMILES string of the molecule is C=CCOC(=O)[C@H](O[Si](C)(C)C(C)(C)C)[C@@H](OC)[C@H](C)C(=O)[C@H](C)[C@@H](O[Si](C)(C)C(C)(C)C)/C(C)=C/[C@H](C)C(C)=O. The minimum atomic E-state index is -2.46. The van der Waals surface area contributed by atoms with Gasteiger partial charge in [0.2, 0.25) is 0 Å². The molecular formula is C32H60O7Si2. The lowest BCUT2D eigenvalue weighted by atomic mass is 9.83. The van der Waals surface area contributed by atoms with E-state index in [-0.39, 0.29) is 34.2 Å². The summed E-state index contributed by atoms with van der Waals surface area (Å²) in [4.78, 5) is 39.6. The van der Waals surface area contributed by atoms with Crippen LogP contribution in [0.25, 0.3) is 0 Å². The van der Waals surface area contributed by atoms with Gasteiger partial charge in [0.05, 0.1) is 6.10 Å². The molecule has 41 heavy (non-hydrogen) atoms. The van der Waals surface area contributed by atoms with Crippen molar-refractivity contribution in [1.82, 2.24) is 0 Å². The zero-order valence-electron chi connectivity index (χ0n) is 28.9. The van der Waals surface area contributed by atoms with Crippen molar-refractivity contribution in [2.75, 3.05) is 13.7 Å². The number of rotatable bonds is 16. The van der Waals surface area contributed by atoms with Crippen LogP contribution >= 0.6 is 0 Å². The number of allylic oxidation sites excluding steroid dienone is 1. The molecule has 6 atom stereocenters. The average molecular weight is 613 g/mol. The third kappa shape index (κ3) is 11.0. The van der Waals surface area contributed by atoms with Crippen molar-refractivity contribution in [2.45, 2.75) is 131 Å². The summed E-state index contributed by atoms with van der Waals surface area (Å²) in [7, 11) is -3.27. The minimum absolute atomic E-state index is 0.0338. The van der Waals surface area contributed by atoms with Crippen LogP contribution in [0.4, 0.5) is 0 Å². The van der Waals surface area contributed by atoms with Gasteiger partial charge in [-0.1, -0.05) is 81.0 Å². The van der Waals surface area contributed by atoms with Crippen molar-refractivity contribution in [3.63, 3.8) is 0 Å². The first-order valence-corrected chi connectivity index (χ1v) is 20.6. The van der Waals surface area contributed by atoms with Gasteiger partial charge in [-0.3, -0.25) is 9.59 Å². The molecular weight excluding hydrogens is 553 g/mol. The summed E-state index contributed by atoms with van der Waals surface area (Å²) in [6, 6.07) is 0. The first-order valence-electron chi connectivity index (χ1n) is 14.7. The average Bonchev–Trinajstić information content (AvgIpc) is 2.82. The van der Waals surface area contributed by atoms with Gasteiger partial charge < -0.3 is 18.3 Å². The van der Waals surface area contributed by atoms with E-state index in [2.05, 4.69) is 74.3 Å². The molecule has 0 unspecified atom stereocenters. The van der Waals surface area contributed by atoms with Gasteiger partial charge in [-0.2, -0.15) is 0 Å². The number of ketones is 2. The number of Topliss-reactive ketones (excluding diaryl/α,β-unsaturated/α-hetero) is 2. The highest BCUT2D eigenvalue weighted by atomic mass is 28.4. The van der Waals surface area contributed by atoms with Crippen molar-refractivity contribution >= 4 is 34.2 Å². The molecule has 0 saturated carbocycles. The fraction of sp³-hybridized carbons (Fsp3) is 0.781. The van der Waals surface area contributed by atoms with Gasteiger partial charge in [0.25, 0.3) is 0 Å². The van der Waals surface area contributed by atoms with Crippen LogP contribution in [-0.4, -0.2) is 66.2 Å². The van der Waals surface area contributed by atoms with E-state index < -0.39 is 52.8 Å².